The number of rotatable bonds is 2. The molecule has 1 aromatic heterocycles. The summed E-state index contributed by atoms with van der Waals surface area (Å²) in [5.41, 5.74) is 2.62. The van der Waals surface area contributed by atoms with Gasteiger partial charge in [-0.1, -0.05) is 41.9 Å². The number of hydrogen-bond donors (Lipinski definition) is 0. The zero-order valence-electron chi connectivity index (χ0n) is 10.9. The fourth-order valence-corrected chi connectivity index (χ4v) is 2.71. The van der Waals surface area contributed by atoms with E-state index in [1.54, 1.807) is 18.2 Å². The van der Waals surface area contributed by atoms with Crippen molar-refractivity contribution in [2.45, 2.75) is 25.4 Å². The van der Waals surface area contributed by atoms with Gasteiger partial charge in [0.25, 0.3) is 0 Å². The second-order valence-corrected chi connectivity index (χ2v) is 5.22. The molecule has 1 heterocycles. The van der Waals surface area contributed by atoms with E-state index < -0.39 is 5.97 Å². The summed E-state index contributed by atoms with van der Waals surface area (Å²) in [7, 11) is 0. The lowest BCUT2D eigenvalue weighted by Crippen LogP contribution is -2.17. The predicted molar refractivity (Wildman–Crippen MR) is 76.8 cm³/mol. The molecule has 0 saturated carbocycles. The summed E-state index contributed by atoms with van der Waals surface area (Å²) in [6.07, 6.45) is 2.73. The Hall–Kier alpha value is -1.87. The molecule has 3 nitrogen and oxygen atoms in total. The number of nitrogens with zero attached hydrogens (tertiary/aromatic N) is 1. The smallest absolute Gasteiger partial charge is 0.357 e. The normalized spacial score (nSPS) is 17.4. The molecule has 1 aliphatic carbocycles. The number of hydrogen-bond acceptors (Lipinski definition) is 3. The van der Waals surface area contributed by atoms with Gasteiger partial charge in [0.05, 0.1) is 0 Å². The first kappa shape index (κ1) is 13.1. The molecule has 20 heavy (non-hydrogen) atoms. The molecular weight excluding hydrogens is 274 g/mol. The van der Waals surface area contributed by atoms with Crippen LogP contribution in [0.4, 0.5) is 0 Å². The summed E-state index contributed by atoms with van der Waals surface area (Å²) in [6.45, 7) is 0. The zero-order chi connectivity index (χ0) is 13.9. The number of aryl methyl sites for hydroxylation is 1. The van der Waals surface area contributed by atoms with Gasteiger partial charge in [-0.3, -0.25) is 0 Å². The van der Waals surface area contributed by atoms with E-state index >= 15 is 0 Å². The summed E-state index contributed by atoms with van der Waals surface area (Å²) >= 11 is 5.79. The molecule has 0 saturated heterocycles. The molecule has 0 spiro atoms. The zero-order valence-corrected chi connectivity index (χ0v) is 11.6. The van der Waals surface area contributed by atoms with E-state index in [1.807, 2.05) is 18.2 Å². The van der Waals surface area contributed by atoms with Gasteiger partial charge in [0.2, 0.25) is 0 Å². The molecule has 0 aliphatic heterocycles. The molecule has 0 radical (unpaired) electrons. The summed E-state index contributed by atoms with van der Waals surface area (Å²) < 4.78 is 5.60. The summed E-state index contributed by atoms with van der Waals surface area (Å²) in [5, 5.41) is 0.295. The topological polar surface area (TPSA) is 39.2 Å². The Kier molecular flexibility index (Phi) is 3.70. The lowest BCUT2D eigenvalue weighted by Gasteiger charge is -2.25. The van der Waals surface area contributed by atoms with E-state index in [1.165, 1.54) is 5.56 Å². The Morgan fingerprint density at radius 1 is 1.20 bits per heavy atom. The van der Waals surface area contributed by atoms with Crippen LogP contribution in [0.25, 0.3) is 0 Å². The SMILES string of the molecule is O=C(OC1CCCc2ccccc21)c1cccc(Cl)n1. The average molecular weight is 288 g/mol. The summed E-state index contributed by atoms with van der Waals surface area (Å²) in [4.78, 5) is 16.1. The van der Waals surface area contributed by atoms with E-state index in [9.17, 15) is 4.79 Å². The number of benzene rings is 1. The standard InChI is InChI=1S/C16H14ClNO2/c17-15-10-4-8-13(18-15)16(19)20-14-9-3-6-11-5-1-2-7-12(11)14/h1-2,4-5,7-8,10,14H,3,6,9H2. The third-order valence-corrected chi connectivity index (χ3v) is 3.70. The van der Waals surface area contributed by atoms with E-state index in [-0.39, 0.29) is 11.8 Å². The van der Waals surface area contributed by atoms with Crippen LogP contribution in [0.2, 0.25) is 5.15 Å². The minimum atomic E-state index is -0.422. The van der Waals surface area contributed by atoms with Gasteiger partial charge >= 0.3 is 5.97 Å². The third-order valence-electron chi connectivity index (χ3n) is 3.49. The van der Waals surface area contributed by atoms with Crippen molar-refractivity contribution in [3.8, 4) is 0 Å². The molecular formula is C16H14ClNO2. The van der Waals surface area contributed by atoms with E-state index in [0.29, 0.717) is 5.15 Å². The molecule has 0 fully saturated rings. The number of esters is 1. The van der Waals surface area contributed by atoms with Gasteiger partial charge in [-0.05, 0) is 42.5 Å². The molecule has 1 atom stereocenters. The molecule has 2 aromatic rings. The Morgan fingerprint density at radius 2 is 2.05 bits per heavy atom. The highest BCUT2D eigenvalue weighted by Gasteiger charge is 2.24. The van der Waals surface area contributed by atoms with Gasteiger partial charge in [-0.25, -0.2) is 9.78 Å². The maximum absolute atomic E-state index is 12.1. The van der Waals surface area contributed by atoms with E-state index in [4.69, 9.17) is 16.3 Å². The van der Waals surface area contributed by atoms with Crippen LogP contribution in [-0.2, 0) is 11.2 Å². The lowest BCUT2D eigenvalue weighted by atomic mass is 9.89. The molecule has 0 N–H and O–H groups in total. The largest absolute Gasteiger partial charge is 0.453 e. The van der Waals surface area contributed by atoms with Gasteiger partial charge in [0.1, 0.15) is 17.0 Å². The van der Waals surface area contributed by atoms with Crippen LogP contribution in [0.15, 0.2) is 42.5 Å². The average Bonchev–Trinajstić information content (AvgIpc) is 2.47. The fourth-order valence-electron chi connectivity index (χ4n) is 2.54. The summed E-state index contributed by atoms with van der Waals surface area (Å²) in [5.74, 6) is -0.422. The van der Waals surface area contributed by atoms with Crippen molar-refractivity contribution in [1.82, 2.24) is 4.98 Å². The number of fused-ring (bicyclic) bond motifs is 1. The molecule has 4 heteroatoms. The molecule has 3 rings (SSSR count). The number of carbonyl (C=O) groups is 1. The minimum absolute atomic E-state index is 0.187. The highest BCUT2D eigenvalue weighted by atomic mass is 35.5. The number of halogens is 1. The highest BCUT2D eigenvalue weighted by Crippen LogP contribution is 2.32. The van der Waals surface area contributed by atoms with Crippen molar-refractivity contribution in [2.75, 3.05) is 0 Å². The predicted octanol–water partition coefficient (Wildman–Crippen LogP) is 3.97. The van der Waals surface area contributed by atoms with Crippen molar-refractivity contribution >= 4 is 17.6 Å². The van der Waals surface area contributed by atoms with Crippen molar-refractivity contribution in [1.29, 1.82) is 0 Å². The Balaban J connectivity index is 1.81. The van der Waals surface area contributed by atoms with Gasteiger partial charge in [0.15, 0.2) is 0 Å². The van der Waals surface area contributed by atoms with E-state index in [0.717, 1.165) is 24.8 Å². The van der Waals surface area contributed by atoms with Crippen molar-refractivity contribution < 1.29 is 9.53 Å². The molecule has 1 aromatic carbocycles. The van der Waals surface area contributed by atoms with Crippen LogP contribution in [-0.4, -0.2) is 11.0 Å². The number of pyridine rings is 1. The molecule has 102 valence electrons. The molecule has 1 aliphatic rings. The summed E-state index contributed by atoms with van der Waals surface area (Å²) in [6, 6.07) is 13.0. The maximum Gasteiger partial charge on any atom is 0.357 e. The lowest BCUT2D eigenvalue weighted by molar-refractivity contribution is 0.0249. The number of ether oxygens (including phenoxy) is 1. The third kappa shape index (κ3) is 2.68. The van der Waals surface area contributed by atoms with E-state index in [2.05, 4.69) is 11.1 Å². The second-order valence-electron chi connectivity index (χ2n) is 4.83. The molecule has 0 amide bonds. The van der Waals surface area contributed by atoms with Gasteiger partial charge in [-0.2, -0.15) is 0 Å². The van der Waals surface area contributed by atoms with Gasteiger partial charge < -0.3 is 4.74 Å². The Bertz CT molecular complexity index is 642. The highest BCUT2D eigenvalue weighted by molar-refractivity contribution is 6.29. The molecule has 0 bridgehead atoms. The van der Waals surface area contributed by atoms with Gasteiger partial charge in [0, 0.05) is 0 Å². The van der Waals surface area contributed by atoms with Crippen LogP contribution < -0.4 is 0 Å². The minimum Gasteiger partial charge on any atom is -0.453 e. The quantitative estimate of drug-likeness (QED) is 0.620. The van der Waals surface area contributed by atoms with Crippen LogP contribution in [0.5, 0.6) is 0 Å². The first-order chi connectivity index (χ1) is 9.74. The van der Waals surface area contributed by atoms with Crippen molar-refractivity contribution in [3.05, 3.63) is 64.4 Å². The van der Waals surface area contributed by atoms with Crippen molar-refractivity contribution in [2.24, 2.45) is 0 Å². The van der Waals surface area contributed by atoms with Crippen LogP contribution in [0.1, 0.15) is 40.6 Å². The Morgan fingerprint density at radius 3 is 2.90 bits per heavy atom. The van der Waals surface area contributed by atoms with Crippen LogP contribution in [0, 0.1) is 0 Å². The number of aromatic nitrogens is 1. The Labute approximate surface area is 122 Å². The van der Waals surface area contributed by atoms with Gasteiger partial charge in [-0.15, -0.1) is 0 Å². The monoisotopic (exact) mass is 287 g/mol. The molecule has 1 unspecified atom stereocenters. The van der Waals surface area contributed by atoms with Crippen molar-refractivity contribution in [3.63, 3.8) is 0 Å². The first-order valence-corrected chi connectivity index (χ1v) is 7.03. The van der Waals surface area contributed by atoms with Crippen LogP contribution in [0.3, 0.4) is 0 Å². The fraction of sp³-hybridized carbons (Fsp3) is 0.250. The number of carbonyl (C=O) groups excluding carboxylic acids is 1. The second kappa shape index (κ2) is 5.63. The first-order valence-electron chi connectivity index (χ1n) is 6.65. The van der Waals surface area contributed by atoms with Crippen LogP contribution >= 0.6 is 11.6 Å². The maximum atomic E-state index is 12.1.